The van der Waals surface area contributed by atoms with Crippen molar-refractivity contribution in [3.63, 3.8) is 0 Å². The maximum Gasteiger partial charge on any atom is 0.283 e. The molecule has 0 radical (unpaired) electrons. The van der Waals surface area contributed by atoms with Crippen molar-refractivity contribution >= 4 is 5.91 Å². The molecule has 1 atom stereocenters. The summed E-state index contributed by atoms with van der Waals surface area (Å²) in [5, 5.41) is 10.4. The number of nitrogens with one attached hydrogen (secondary N) is 2. The molecule has 6 heteroatoms. The molecule has 2 aromatic heterocycles. The SMILES string of the molecule is C[C@@H]1Cc2[nH]nc(C(=O)n3ccnc3)c2CN1. The van der Waals surface area contributed by atoms with Gasteiger partial charge in [-0.05, 0) is 6.92 Å². The number of carbonyl (C=O) groups excluding carboxylic acids is 1. The predicted octanol–water partition coefficient (Wildman–Crippen LogP) is 0.329. The molecule has 2 aromatic rings. The fourth-order valence-electron chi connectivity index (χ4n) is 2.09. The molecule has 0 aliphatic carbocycles. The van der Waals surface area contributed by atoms with E-state index in [4.69, 9.17) is 0 Å². The van der Waals surface area contributed by atoms with Gasteiger partial charge in [-0.1, -0.05) is 0 Å². The second kappa shape index (κ2) is 3.81. The summed E-state index contributed by atoms with van der Waals surface area (Å²) in [6.07, 6.45) is 5.57. The largest absolute Gasteiger partial charge is 0.310 e. The number of imidazole rings is 1. The first-order chi connectivity index (χ1) is 8.25. The van der Waals surface area contributed by atoms with E-state index in [1.165, 1.54) is 10.9 Å². The van der Waals surface area contributed by atoms with Crippen molar-refractivity contribution in [2.75, 3.05) is 0 Å². The third-order valence-corrected chi connectivity index (χ3v) is 3.03. The van der Waals surface area contributed by atoms with Gasteiger partial charge in [-0.3, -0.25) is 14.5 Å². The highest BCUT2D eigenvalue weighted by molar-refractivity contribution is 5.95. The Hall–Kier alpha value is -1.95. The molecule has 0 fully saturated rings. The van der Waals surface area contributed by atoms with Crippen LogP contribution in [0.4, 0.5) is 0 Å². The van der Waals surface area contributed by atoms with Gasteiger partial charge in [0.2, 0.25) is 0 Å². The van der Waals surface area contributed by atoms with Gasteiger partial charge in [0.1, 0.15) is 6.33 Å². The number of carbonyl (C=O) groups is 1. The van der Waals surface area contributed by atoms with Crippen molar-refractivity contribution in [1.29, 1.82) is 0 Å². The summed E-state index contributed by atoms with van der Waals surface area (Å²) in [4.78, 5) is 16.0. The van der Waals surface area contributed by atoms with Gasteiger partial charge >= 0.3 is 0 Å². The van der Waals surface area contributed by atoms with Crippen LogP contribution in [0.5, 0.6) is 0 Å². The Kier molecular flexibility index (Phi) is 2.29. The molecule has 88 valence electrons. The normalized spacial score (nSPS) is 19.0. The Balaban J connectivity index is 1.97. The average molecular weight is 231 g/mol. The number of rotatable bonds is 1. The van der Waals surface area contributed by atoms with E-state index in [2.05, 4.69) is 27.4 Å². The first-order valence-electron chi connectivity index (χ1n) is 5.58. The molecule has 0 aromatic carbocycles. The fourth-order valence-corrected chi connectivity index (χ4v) is 2.09. The van der Waals surface area contributed by atoms with Crippen LogP contribution < -0.4 is 5.32 Å². The lowest BCUT2D eigenvalue weighted by Crippen LogP contribution is -2.33. The van der Waals surface area contributed by atoms with Gasteiger partial charge in [-0.2, -0.15) is 5.10 Å². The molecule has 0 amide bonds. The van der Waals surface area contributed by atoms with E-state index in [0.29, 0.717) is 18.3 Å². The molecule has 0 bridgehead atoms. The highest BCUT2D eigenvalue weighted by Gasteiger charge is 2.24. The lowest BCUT2D eigenvalue weighted by atomic mass is 10.0. The summed E-state index contributed by atoms with van der Waals surface area (Å²) in [7, 11) is 0. The van der Waals surface area contributed by atoms with Crippen LogP contribution in [0.3, 0.4) is 0 Å². The van der Waals surface area contributed by atoms with Crippen LogP contribution in [0.15, 0.2) is 18.7 Å². The van der Waals surface area contributed by atoms with E-state index >= 15 is 0 Å². The Morgan fingerprint density at radius 2 is 2.47 bits per heavy atom. The number of hydrogen-bond donors (Lipinski definition) is 2. The Bertz CT molecular complexity index is 542. The first-order valence-corrected chi connectivity index (χ1v) is 5.58. The van der Waals surface area contributed by atoms with Crippen molar-refractivity contribution in [2.24, 2.45) is 0 Å². The Morgan fingerprint density at radius 3 is 3.24 bits per heavy atom. The monoisotopic (exact) mass is 231 g/mol. The standard InChI is InChI=1S/C11H13N5O/c1-7-4-9-8(5-13-7)10(15-14-9)11(17)16-3-2-12-6-16/h2-3,6-7,13H,4-5H2,1H3,(H,14,15)/t7-/m1/s1. The number of aromatic nitrogens is 4. The van der Waals surface area contributed by atoms with E-state index in [1.807, 2.05) is 0 Å². The smallest absolute Gasteiger partial charge is 0.283 e. The molecular formula is C11H13N5O. The van der Waals surface area contributed by atoms with Crippen molar-refractivity contribution in [3.05, 3.63) is 35.7 Å². The quantitative estimate of drug-likeness (QED) is 0.741. The summed E-state index contributed by atoms with van der Waals surface area (Å²) in [5.74, 6) is -0.142. The van der Waals surface area contributed by atoms with Gasteiger partial charge in [0.05, 0.1) is 0 Å². The van der Waals surface area contributed by atoms with E-state index in [-0.39, 0.29) is 5.91 Å². The van der Waals surface area contributed by atoms with Crippen molar-refractivity contribution < 1.29 is 4.79 Å². The van der Waals surface area contributed by atoms with Crippen LogP contribution in [-0.4, -0.2) is 31.7 Å². The zero-order valence-electron chi connectivity index (χ0n) is 9.47. The lowest BCUT2D eigenvalue weighted by molar-refractivity contribution is 0.0953. The van der Waals surface area contributed by atoms with Gasteiger partial charge in [-0.15, -0.1) is 0 Å². The minimum absolute atomic E-state index is 0.142. The summed E-state index contributed by atoms with van der Waals surface area (Å²) in [6, 6.07) is 0.416. The second-order valence-electron chi connectivity index (χ2n) is 4.29. The van der Waals surface area contributed by atoms with Crippen molar-refractivity contribution in [1.82, 2.24) is 25.1 Å². The van der Waals surface area contributed by atoms with Crippen molar-refractivity contribution in [3.8, 4) is 0 Å². The molecule has 6 nitrogen and oxygen atoms in total. The molecular weight excluding hydrogens is 218 g/mol. The van der Waals surface area contributed by atoms with Crippen LogP contribution in [0.2, 0.25) is 0 Å². The third kappa shape index (κ3) is 1.66. The van der Waals surface area contributed by atoms with Crippen LogP contribution in [0, 0.1) is 0 Å². The molecule has 1 aliphatic heterocycles. The molecule has 1 aliphatic rings. The van der Waals surface area contributed by atoms with E-state index in [1.54, 1.807) is 12.4 Å². The summed E-state index contributed by atoms with van der Waals surface area (Å²) >= 11 is 0. The topological polar surface area (TPSA) is 75.6 Å². The molecule has 0 saturated carbocycles. The minimum atomic E-state index is -0.142. The van der Waals surface area contributed by atoms with E-state index in [0.717, 1.165) is 17.7 Å². The van der Waals surface area contributed by atoms with E-state index in [9.17, 15) is 4.79 Å². The molecule has 2 N–H and O–H groups in total. The van der Waals surface area contributed by atoms with E-state index < -0.39 is 0 Å². The highest BCUT2D eigenvalue weighted by Crippen LogP contribution is 2.18. The summed E-state index contributed by atoms with van der Waals surface area (Å²) in [6.45, 7) is 2.80. The van der Waals surface area contributed by atoms with Gasteiger partial charge in [0.15, 0.2) is 5.69 Å². The summed E-state index contributed by atoms with van der Waals surface area (Å²) < 4.78 is 1.44. The zero-order valence-corrected chi connectivity index (χ0v) is 9.47. The number of hydrogen-bond acceptors (Lipinski definition) is 4. The van der Waals surface area contributed by atoms with Gasteiger partial charge < -0.3 is 5.32 Å². The number of aromatic amines is 1. The van der Waals surface area contributed by atoms with Crippen LogP contribution >= 0.6 is 0 Å². The average Bonchev–Trinajstić information content (AvgIpc) is 2.96. The number of nitrogens with zero attached hydrogens (tertiary/aromatic N) is 3. The van der Waals surface area contributed by atoms with Gasteiger partial charge in [0.25, 0.3) is 5.91 Å². The maximum absolute atomic E-state index is 12.1. The second-order valence-corrected chi connectivity index (χ2v) is 4.29. The highest BCUT2D eigenvalue weighted by atomic mass is 16.2. The molecule has 17 heavy (non-hydrogen) atoms. The number of fused-ring (bicyclic) bond motifs is 1. The molecule has 0 unspecified atom stereocenters. The van der Waals surface area contributed by atoms with Gasteiger partial charge in [0, 0.05) is 42.7 Å². The maximum atomic E-state index is 12.1. The fraction of sp³-hybridized carbons (Fsp3) is 0.364. The first kappa shape index (κ1) is 10.2. The number of H-pyrrole nitrogens is 1. The molecule has 0 saturated heterocycles. The zero-order chi connectivity index (χ0) is 11.8. The molecule has 3 rings (SSSR count). The third-order valence-electron chi connectivity index (χ3n) is 3.03. The minimum Gasteiger partial charge on any atom is -0.310 e. The van der Waals surface area contributed by atoms with Crippen LogP contribution in [0.25, 0.3) is 0 Å². The Labute approximate surface area is 98.1 Å². The predicted molar refractivity (Wildman–Crippen MR) is 60.5 cm³/mol. The summed E-state index contributed by atoms with van der Waals surface area (Å²) in [5.41, 5.74) is 2.51. The molecule has 0 spiro atoms. The Morgan fingerprint density at radius 1 is 1.59 bits per heavy atom. The van der Waals surface area contributed by atoms with Crippen LogP contribution in [0.1, 0.15) is 28.7 Å². The molecule has 3 heterocycles. The van der Waals surface area contributed by atoms with Crippen molar-refractivity contribution in [2.45, 2.75) is 25.9 Å². The lowest BCUT2D eigenvalue weighted by Gasteiger charge is -2.19. The van der Waals surface area contributed by atoms with Crippen LogP contribution in [-0.2, 0) is 13.0 Å². The van der Waals surface area contributed by atoms with Gasteiger partial charge in [-0.25, -0.2) is 4.98 Å².